The standard InChI is InChI=1S/C43H86N4O6S/c1-7-10-13-15-22-29-39-52-41(48)33-25-18-16-20-27-36-47(38-30-35-44-43(46(4)5)45-54(6,50)51)37-28-21-17-19-26-34-42(49)53-40(31-23-12-9-3)32-24-14-11-8-2/h40H,7-39H2,1-6H3,(H,44,45). The zero-order valence-corrected chi connectivity index (χ0v) is 36.9. The number of carbonyl (C=O) groups is 2. The van der Waals surface area contributed by atoms with E-state index in [1.807, 2.05) is 0 Å². The number of hydrogen-bond acceptors (Lipinski definition) is 8. The minimum absolute atomic E-state index is 0.0200. The molecule has 54 heavy (non-hydrogen) atoms. The van der Waals surface area contributed by atoms with Crippen molar-refractivity contribution < 1.29 is 27.5 Å². The molecule has 10 nitrogen and oxygen atoms in total. The molecule has 0 amide bonds. The van der Waals surface area contributed by atoms with Crippen LogP contribution in [0, 0.1) is 0 Å². The number of aliphatic imine (C=N–C) groups is 1. The van der Waals surface area contributed by atoms with Gasteiger partial charge in [0.15, 0.2) is 0 Å². The number of nitrogens with zero attached hydrogens (tertiary/aromatic N) is 3. The van der Waals surface area contributed by atoms with E-state index in [1.54, 1.807) is 19.0 Å². The Morgan fingerprint density at radius 3 is 1.59 bits per heavy atom. The monoisotopic (exact) mass is 787 g/mol. The zero-order chi connectivity index (χ0) is 40.1. The first-order valence-electron chi connectivity index (χ1n) is 22.3. The van der Waals surface area contributed by atoms with Gasteiger partial charge in [-0.15, -0.1) is 0 Å². The minimum Gasteiger partial charge on any atom is -0.466 e. The Hall–Kier alpha value is -1.88. The largest absolute Gasteiger partial charge is 0.466 e. The summed E-state index contributed by atoms with van der Waals surface area (Å²) in [7, 11) is 0.184. The first-order valence-corrected chi connectivity index (χ1v) is 24.2. The summed E-state index contributed by atoms with van der Waals surface area (Å²) in [6, 6.07) is 0. The average molecular weight is 787 g/mol. The van der Waals surface area contributed by atoms with E-state index in [2.05, 4.69) is 35.4 Å². The number of rotatable bonds is 38. The fraction of sp³-hybridized carbons (Fsp3) is 0.930. The van der Waals surface area contributed by atoms with Gasteiger partial charge in [-0.25, -0.2) is 8.42 Å². The van der Waals surface area contributed by atoms with Gasteiger partial charge in [0.05, 0.1) is 12.9 Å². The molecule has 0 heterocycles. The van der Waals surface area contributed by atoms with Gasteiger partial charge in [0.25, 0.3) is 0 Å². The molecule has 1 atom stereocenters. The number of ether oxygens (including phenoxy) is 2. The van der Waals surface area contributed by atoms with Crippen LogP contribution in [-0.4, -0.2) is 95.4 Å². The molecule has 1 N–H and O–H groups in total. The van der Waals surface area contributed by atoms with E-state index in [0.717, 1.165) is 135 Å². The molecule has 0 fully saturated rings. The lowest BCUT2D eigenvalue weighted by Crippen LogP contribution is -2.39. The van der Waals surface area contributed by atoms with Gasteiger partial charge >= 0.3 is 11.9 Å². The zero-order valence-electron chi connectivity index (χ0n) is 36.1. The van der Waals surface area contributed by atoms with E-state index in [-0.39, 0.29) is 18.0 Å². The molecule has 0 aliphatic heterocycles. The topological polar surface area (TPSA) is 118 Å². The van der Waals surface area contributed by atoms with Crippen LogP contribution in [0.15, 0.2) is 4.99 Å². The first kappa shape index (κ1) is 52.1. The van der Waals surface area contributed by atoms with E-state index in [1.165, 1.54) is 57.8 Å². The van der Waals surface area contributed by atoms with Crippen LogP contribution in [0.5, 0.6) is 0 Å². The molecule has 0 saturated heterocycles. The maximum atomic E-state index is 12.6. The Labute approximate surface area is 333 Å². The number of hydrogen-bond donors (Lipinski definition) is 1. The summed E-state index contributed by atoms with van der Waals surface area (Å²) in [5, 5.41) is 0. The van der Waals surface area contributed by atoms with E-state index >= 15 is 0 Å². The van der Waals surface area contributed by atoms with Crippen molar-refractivity contribution >= 4 is 27.9 Å². The predicted octanol–water partition coefficient (Wildman–Crippen LogP) is 10.2. The van der Waals surface area contributed by atoms with E-state index in [4.69, 9.17) is 9.47 Å². The van der Waals surface area contributed by atoms with Gasteiger partial charge in [-0.3, -0.25) is 19.3 Å². The van der Waals surface area contributed by atoms with Crippen LogP contribution >= 0.6 is 0 Å². The highest BCUT2D eigenvalue weighted by Gasteiger charge is 2.14. The second-order valence-electron chi connectivity index (χ2n) is 15.6. The lowest BCUT2D eigenvalue weighted by Gasteiger charge is -2.22. The smallest absolute Gasteiger partial charge is 0.306 e. The third-order valence-corrected chi connectivity index (χ3v) is 10.4. The van der Waals surface area contributed by atoms with Gasteiger partial charge in [-0.1, -0.05) is 124 Å². The van der Waals surface area contributed by atoms with Crippen molar-refractivity contribution in [3.05, 3.63) is 0 Å². The second kappa shape index (κ2) is 36.7. The molecule has 0 aromatic rings. The lowest BCUT2D eigenvalue weighted by molar-refractivity contribution is -0.150. The summed E-state index contributed by atoms with van der Waals surface area (Å²) < 4.78 is 37.3. The summed E-state index contributed by atoms with van der Waals surface area (Å²) in [5.74, 6) is 0.285. The van der Waals surface area contributed by atoms with Gasteiger partial charge in [0, 0.05) is 33.5 Å². The molecule has 0 bridgehead atoms. The molecule has 11 heteroatoms. The molecule has 320 valence electrons. The molecular weight excluding hydrogens is 701 g/mol. The van der Waals surface area contributed by atoms with Crippen molar-refractivity contribution in [1.82, 2.24) is 14.5 Å². The SMILES string of the molecule is CCCCCCCCOC(=O)CCCCCCCN(CCCCCCCC(=O)OC(CCCCC)CCCCCC)CCCN=C(NS(C)(=O)=O)N(C)C. The minimum atomic E-state index is -3.38. The Balaban J connectivity index is 4.57. The Bertz CT molecular complexity index is 1020. The molecule has 0 spiro atoms. The Morgan fingerprint density at radius 1 is 0.593 bits per heavy atom. The van der Waals surface area contributed by atoms with Gasteiger partial charge < -0.3 is 19.3 Å². The highest BCUT2D eigenvalue weighted by atomic mass is 32.2. The fourth-order valence-corrected chi connectivity index (χ4v) is 7.16. The third kappa shape index (κ3) is 35.8. The van der Waals surface area contributed by atoms with Crippen LogP contribution in [-0.2, 0) is 29.1 Å². The molecular formula is C43H86N4O6S. The highest BCUT2D eigenvalue weighted by molar-refractivity contribution is 7.89. The molecule has 0 saturated carbocycles. The molecule has 0 aromatic heterocycles. The normalized spacial score (nSPS) is 12.6. The number of guanidine groups is 1. The van der Waals surface area contributed by atoms with Crippen molar-refractivity contribution in [1.29, 1.82) is 0 Å². The average Bonchev–Trinajstić information content (AvgIpc) is 3.12. The number of nitrogens with one attached hydrogen (secondary N) is 1. The molecule has 0 aliphatic rings. The summed E-state index contributed by atoms with van der Waals surface area (Å²) in [4.78, 5) is 33.4. The number of carbonyl (C=O) groups excluding carboxylic acids is 2. The van der Waals surface area contributed by atoms with Crippen molar-refractivity contribution in [2.24, 2.45) is 4.99 Å². The van der Waals surface area contributed by atoms with Crippen molar-refractivity contribution in [2.75, 3.05) is 53.1 Å². The van der Waals surface area contributed by atoms with E-state index < -0.39 is 10.0 Å². The fourth-order valence-electron chi connectivity index (χ4n) is 6.58. The molecule has 0 rings (SSSR count). The first-order chi connectivity index (χ1) is 26.0. The lowest BCUT2D eigenvalue weighted by atomic mass is 10.0. The Kier molecular flexibility index (Phi) is 35.5. The third-order valence-electron chi connectivity index (χ3n) is 9.87. The maximum absolute atomic E-state index is 12.6. The molecule has 0 aromatic carbocycles. The van der Waals surface area contributed by atoms with Crippen molar-refractivity contribution in [3.8, 4) is 0 Å². The van der Waals surface area contributed by atoms with Gasteiger partial charge in [-0.05, 0) is 83.8 Å². The quantitative estimate of drug-likeness (QED) is 0.0285. The predicted molar refractivity (Wildman–Crippen MR) is 228 cm³/mol. The molecule has 0 radical (unpaired) electrons. The summed E-state index contributed by atoms with van der Waals surface area (Å²) in [6.07, 6.45) is 31.3. The number of unbranched alkanes of at least 4 members (excludes halogenated alkanes) is 18. The van der Waals surface area contributed by atoms with Crippen LogP contribution in [0.25, 0.3) is 0 Å². The van der Waals surface area contributed by atoms with Crippen molar-refractivity contribution in [3.63, 3.8) is 0 Å². The van der Waals surface area contributed by atoms with E-state index in [0.29, 0.717) is 32.0 Å². The maximum Gasteiger partial charge on any atom is 0.306 e. The van der Waals surface area contributed by atoms with Crippen LogP contribution in [0.2, 0.25) is 0 Å². The summed E-state index contributed by atoms with van der Waals surface area (Å²) in [6.45, 7) is 10.7. The summed E-state index contributed by atoms with van der Waals surface area (Å²) >= 11 is 0. The van der Waals surface area contributed by atoms with Gasteiger partial charge in [0.2, 0.25) is 16.0 Å². The summed E-state index contributed by atoms with van der Waals surface area (Å²) in [5.41, 5.74) is 0. The Morgan fingerprint density at radius 2 is 1.04 bits per heavy atom. The second-order valence-corrected chi connectivity index (χ2v) is 17.4. The van der Waals surface area contributed by atoms with Gasteiger partial charge in [0.1, 0.15) is 6.10 Å². The molecule has 1 unspecified atom stereocenters. The van der Waals surface area contributed by atoms with Gasteiger partial charge in [-0.2, -0.15) is 0 Å². The molecule has 0 aliphatic carbocycles. The highest BCUT2D eigenvalue weighted by Crippen LogP contribution is 2.17. The van der Waals surface area contributed by atoms with Crippen LogP contribution in [0.1, 0.15) is 201 Å². The van der Waals surface area contributed by atoms with Crippen LogP contribution in [0.4, 0.5) is 0 Å². The number of sulfonamides is 1. The van der Waals surface area contributed by atoms with E-state index in [9.17, 15) is 18.0 Å². The van der Waals surface area contributed by atoms with Crippen LogP contribution in [0.3, 0.4) is 0 Å². The van der Waals surface area contributed by atoms with Crippen molar-refractivity contribution in [2.45, 2.75) is 207 Å². The number of esters is 2. The van der Waals surface area contributed by atoms with Crippen LogP contribution < -0.4 is 4.72 Å².